The topological polar surface area (TPSA) is 23.6 Å². The van der Waals surface area contributed by atoms with E-state index in [1.807, 2.05) is 17.0 Å². The van der Waals surface area contributed by atoms with Gasteiger partial charge in [-0.2, -0.15) is 0 Å². The first kappa shape index (κ1) is 15.8. The van der Waals surface area contributed by atoms with Gasteiger partial charge in [0.2, 0.25) is 0 Å². The highest BCUT2D eigenvalue weighted by atomic mass is 127. The van der Waals surface area contributed by atoms with E-state index in [-0.39, 0.29) is 5.91 Å². The largest absolute Gasteiger partial charge is 0.337 e. The third kappa shape index (κ3) is 3.17. The van der Waals surface area contributed by atoms with Crippen LogP contribution in [-0.2, 0) is 0 Å². The van der Waals surface area contributed by atoms with Crippen molar-refractivity contribution in [3.8, 4) is 0 Å². The molecule has 1 saturated heterocycles. The highest BCUT2D eigenvalue weighted by Gasteiger charge is 2.30. The lowest BCUT2D eigenvalue weighted by atomic mass is 10.1. The zero-order chi connectivity index (χ0) is 14.7. The number of carbonyl (C=O) groups is 1. The van der Waals surface area contributed by atoms with Crippen LogP contribution in [0.4, 0.5) is 0 Å². The molecule has 0 aromatic heterocycles. The summed E-state index contributed by atoms with van der Waals surface area (Å²) in [5.74, 6) is 0.188. The van der Waals surface area contributed by atoms with Gasteiger partial charge < -0.3 is 4.90 Å². The van der Waals surface area contributed by atoms with Crippen molar-refractivity contribution >= 4 is 28.5 Å². The van der Waals surface area contributed by atoms with E-state index in [0.29, 0.717) is 6.04 Å². The molecule has 4 heteroatoms. The summed E-state index contributed by atoms with van der Waals surface area (Å²) in [7, 11) is 0. The van der Waals surface area contributed by atoms with Crippen molar-refractivity contribution in [2.24, 2.45) is 0 Å². The van der Waals surface area contributed by atoms with E-state index in [1.54, 1.807) is 0 Å². The standard InChI is InChI=1S/C16H23IN2O/c1-4-18(5-2)13-9-10-19(11-13)16(20)14-8-6-7-12(3)15(14)17/h6-8,13H,4-5,9-11H2,1-3H3. The Labute approximate surface area is 135 Å². The fourth-order valence-corrected chi connectivity index (χ4v) is 3.54. The first-order valence-electron chi connectivity index (χ1n) is 7.36. The maximum absolute atomic E-state index is 12.7. The first-order valence-corrected chi connectivity index (χ1v) is 8.44. The number of rotatable bonds is 4. The number of hydrogen-bond donors (Lipinski definition) is 0. The summed E-state index contributed by atoms with van der Waals surface area (Å²) in [5.41, 5.74) is 2.03. The van der Waals surface area contributed by atoms with Crippen LogP contribution in [0.2, 0.25) is 0 Å². The second kappa shape index (κ2) is 6.89. The lowest BCUT2D eigenvalue weighted by Crippen LogP contribution is -2.38. The predicted octanol–water partition coefficient (Wildman–Crippen LogP) is 3.16. The van der Waals surface area contributed by atoms with Crippen LogP contribution in [0.1, 0.15) is 36.2 Å². The van der Waals surface area contributed by atoms with Crippen LogP contribution < -0.4 is 0 Å². The van der Waals surface area contributed by atoms with Gasteiger partial charge in [0.1, 0.15) is 0 Å². The quantitative estimate of drug-likeness (QED) is 0.743. The number of hydrogen-bond acceptors (Lipinski definition) is 2. The number of carbonyl (C=O) groups excluding carboxylic acids is 1. The lowest BCUT2D eigenvalue weighted by Gasteiger charge is -2.26. The number of likely N-dealkylation sites (N-methyl/N-ethyl adjacent to an activating group) is 1. The van der Waals surface area contributed by atoms with Gasteiger partial charge in [0, 0.05) is 22.7 Å². The van der Waals surface area contributed by atoms with E-state index in [9.17, 15) is 4.79 Å². The van der Waals surface area contributed by atoms with Crippen molar-refractivity contribution in [1.29, 1.82) is 0 Å². The Morgan fingerprint density at radius 2 is 2.10 bits per heavy atom. The molecule has 1 atom stereocenters. The first-order chi connectivity index (χ1) is 9.58. The lowest BCUT2D eigenvalue weighted by molar-refractivity contribution is 0.0777. The smallest absolute Gasteiger partial charge is 0.254 e. The third-order valence-corrected chi connectivity index (χ3v) is 5.63. The van der Waals surface area contributed by atoms with Crippen molar-refractivity contribution in [3.63, 3.8) is 0 Å². The van der Waals surface area contributed by atoms with Crippen LogP contribution >= 0.6 is 22.6 Å². The molecule has 20 heavy (non-hydrogen) atoms. The molecule has 1 aromatic carbocycles. The van der Waals surface area contributed by atoms with Gasteiger partial charge in [0.25, 0.3) is 5.91 Å². The van der Waals surface area contributed by atoms with Crippen molar-refractivity contribution in [3.05, 3.63) is 32.9 Å². The fourth-order valence-electron chi connectivity index (χ4n) is 2.95. The second-order valence-corrected chi connectivity index (χ2v) is 6.43. The van der Waals surface area contributed by atoms with Crippen LogP contribution in [0.5, 0.6) is 0 Å². The number of likely N-dealkylation sites (tertiary alicyclic amines) is 1. The minimum Gasteiger partial charge on any atom is -0.337 e. The van der Waals surface area contributed by atoms with Gasteiger partial charge in [0.05, 0.1) is 5.56 Å². The number of amides is 1. The van der Waals surface area contributed by atoms with Crippen LogP contribution in [0.3, 0.4) is 0 Å². The predicted molar refractivity (Wildman–Crippen MR) is 91.1 cm³/mol. The minimum atomic E-state index is 0.188. The van der Waals surface area contributed by atoms with E-state index < -0.39 is 0 Å². The van der Waals surface area contributed by atoms with Gasteiger partial charge in [-0.25, -0.2) is 0 Å². The number of aryl methyl sites for hydroxylation is 1. The summed E-state index contributed by atoms with van der Waals surface area (Å²) in [6.45, 7) is 10.3. The van der Waals surface area contributed by atoms with Crippen molar-refractivity contribution < 1.29 is 4.79 Å². The van der Waals surface area contributed by atoms with Crippen LogP contribution in [0.25, 0.3) is 0 Å². The molecule has 1 amide bonds. The maximum Gasteiger partial charge on any atom is 0.254 e. The van der Waals surface area contributed by atoms with Crippen molar-refractivity contribution in [2.75, 3.05) is 26.2 Å². The third-order valence-electron chi connectivity index (χ3n) is 4.20. The second-order valence-electron chi connectivity index (χ2n) is 5.35. The molecule has 3 nitrogen and oxygen atoms in total. The van der Waals surface area contributed by atoms with Crippen LogP contribution in [-0.4, -0.2) is 47.9 Å². The maximum atomic E-state index is 12.7. The Balaban J connectivity index is 2.10. The molecule has 0 aliphatic carbocycles. The van der Waals surface area contributed by atoms with Gasteiger partial charge in [-0.1, -0.05) is 26.0 Å². The van der Waals surface area contributed by atoms with Gasteiger partial charge in [-0.15, -0.1) is 0 Å². The average molecular weight is 386 g/mol. The van der Waals surface area contributed by atoms with E-state index in [1.165, 1.54) is 5.56 Å². The normalized spacial score (nSPS) is 18.9. The molecule has 0 N–H and O–H groups in total. The van der Waals surface area contributed by atoms with Crippen molar-refractivity contribution in [1.82, 2.24) is 9.80 Å². The molecule has 0 spiro atoms. The van der Waals surface area contributed by atoms with Gasteiger partial charge in [0.15, 0.2) is 0 Å². The Morgan fingerprint density at radius 3 is 2.75 bits per heavy atom. The molecule has 0 radical (unpaired) electrons. The zero-order valence-corrected chi connectivity index (χ0v) is 14.7. The van der Waals surface area contributed by atoms with E-state index >= 15 is 0 Å². The summed E-state index contributed by atoms with van der Waals surface area (Å²) >= 11 is 2.28. The zero-order valence-electron chi connectivity index (χ0n) is 12.5. The molecular formula is C16H23IN2O. The molecule has 2 rings (SSSR count). The molecule has 1 aliphatic rings. The average Bonchev–Trinajstić information content (AvgIpc) is 2.92. The Kier molecular flexibility index (Phi) is 5.43. The van der Waals surface area contributed by atoms with Crippen LogP contribution in [0.15, 0.2) is 18.2 Å². The van der Waals surface area contributed by atoms with Gasteiger partial charge in [-0.3, -0.25) is 9.69 Å². The highest BCUT2D eigenvalue weighted by molar-refractivity contribution is 14.1. The molecule has 1 fully saturated rings. The van der Waals surface area contributed by atoms with Crippen molar-refractivity contribution in [2.45, 2.75) is 33.2 Å². The Hall–Kier alpha value is -0.620. The summed E-state index contributed by atoms with van der Waals surface area (Å²) < 4.78 is 1.08. The number of halogens is 1. The Morgan fingerprint density at radius 1 is 1.40 bits per heavy atom. The minimum absolute atomic E-state index is 0.188. The summed E-state index contributed by atoms with van der Waals surface area (Å²) in [4.78, 5) is 17.1. The Bertz CT molecular complexity index is 485. The van der Waals surface area contributed by atoms with Gasteiger partial charge in [-0.05, 0) is 60.7 Å². The molecule has 1 unspecified atom stereocenters. The SMILES string of the molecule is CCN(CC)C1CCN(C(=O)c2cccc(C)c2I)C1. The summed E-state index contributed by atoms with van der Waals surface area (Å²) in [5, 5.41) is 0. The molecule has 1 aromatic rings. The summed E-state index contributed by atoms with van der Waals surface area (Å²) in [6.07, 6.45) is 1.09. The summed E-state index contributed by atoms with van der Waals surface area (Å²) in [6, 6.07) is 6.50. The molecule has 110 valence electrons. The molecule has 0 saturated carbocycles. The monoisotopic (exact) mass is 386 g/mol. The molecule has 1 aliphatic heterocycles. The van der Waals surface area contributed by atoms with Gasteiger partial charge >= 0.3 is 0 Å². The molecule has 1 heterocycles. The number of nitrogens with zero attached hydrogens (tertiary/aromatic N) is 2. The van der Waals surface area contributed by atoms with E-state index in [2.05, 4.69) is 54.3 Å². The fraction of sp³-hybridized carbons (Fsp3) is 0.562. The van der Waals surface area contributed by atoms with Crippen LogP contribution in [0, 0.1) is 10.5 Å². The molecule has 0 bridgehead atoms. The highest BCUT2D eigenvalue weighted by Crippen LogP contribution is 2.22. The molecular weight excluding hydrogens is 363 g/mol. The number of benzene rings is 1. The van der Waals surface area contributed by atoms with E-state index in [0.717, 1.165) is 41.7 Å². The van der Waals surface area contributed by atoms with E-state index in [4.69, 9.17) is 0 Å².